The molecule has 0 N–H and O–H groups in total. The number of rotatable bonds is 6. The molecular formula is C20H20Br2O3. The molecule has 1 saturated carbocycles. The molecule has 2 aromatic rings. The second-order valence-corrected chi connectivity index (χ2v) is 10.2. The van der Waals surface area contributed by atoms with Gasteiger partial charge in [0.05, 0.1) is 32.0 Å². The summed E-state index contributed by atoms with van der Waals surface area (Å²) >= 11 is 7.45. The van der Waals surface area contributed by atoms with Gasteiger partial charge in [-0.15, -0.1) is 0 Å². The average molecular weight is 468 g/mol. The monoisotopic (exact) mass is 466 g/mol. The number of fused-ring (bicyclic) bond motifs is 1. The van der Waals surface area contributed by atoms with Crippen LogP contribution in [-0.2, 0) is 27.4 Å². The quantitative estimate of drug-likeness (QED) is 0.577. The molecule has 4 atom stereocenters. The Morgan fingerprint density at radius 3 is 2.04 bits per heavy atom. The van der Waals surface area contributed by atoms with E-state index in [0.717, 1.165) is 5.56 Å². The normalized spacial score (nSPS) is 29.8. The Balaban J connectivity index is 1.43. The van der Waals surface area contributed by atoms with Crippen molar-refractivity contribution in [2.45, 2.75) is 34.8 Å². The lowest BCUT2D eigenvalue weighted by Gasteiger charge is -2.31. The third-order valence-corrected chi connectivity index (χ3v) is 6.75. The van der Waals surface area contributed by atoms with Crippen molar-refractivity contribution in [1.82, 2.24) is 0 Å². The summed E-state index contributed by atoms with van der Waals surface area (Å²) in [6.45, 7) is 1.69. The molecule has 0 unspecified atom stereocenters. The molecule has 132 valence electrons. The third kappa shape index (κ3) is 3.86. The Kier molecular flexibility index (Phi) is 5.30. The van der Waals surface area contributed by atoms with Crippen LogP contribution in [0.5, 0.6) is 0 Å². The first-order chi connectivity index (χ1) is 12.2. The maximum Gasteiger partial charge on any atom is 0.115 e. The minimum atomic E-state index is -0.202. The van der Waals surface area contributed by atoms with Crippen molar-refractivity contribution in [1.29, 1.82) is 0 Å². The second kappa shape index (κ2) is 7.49. The highest BCUT2D eigenvalue weighted by Crippen LogP contribution is 2.62. The van der Waals surface area contributed by atoms with Crippen molar-refractivity contribution in [3.8, 4) is 0 Å². The lowest BCUT2D eigenvalue weighted by atomic mass is 10.1. The molecule has 2 aliphatic rings. The van der Waals surface area contributed by atoms with E-state index in [2.05, 4.69) is 56.1 Å². The van der Waals surface area contributed by atoms with E-state index in [1.54, 1.807) is 0 Å². The molecule has 1 aliphatic carbocycles. The summed E-state index contributed by atoms with van der Waals surface area (Å²) in [5, 5.41) is 0. The van der Waals surface area contributed by atoms with Crippen molar-refractivity contribution in [3.05, 3.63) is 71.8 Å². The van der Waals surface area contributed by atoms with Gasteiger partial charge in [0, 0.05) is 5.92 Å². The fourth-order valence-corrected chi connectivity index (χ4v) is 4.92. The Bertz CT molecular complexity index is 693. The molecule has 1 heterocycles. The molecule has 3 nitrogen and oxygen atoms in total. The zero-order chi connectivity index (χ0) is 17.3. The molecule has 0 amide bonds. The number of hydrogen-bond donors (Lipinski definition) is 0. The third-order valence-electron chi connectivity index (χ3n) is 4.79. The van der Waals surface area contributed by atoms with Gasteiger partial charge in [-0.05, 0) is 11.1 Å². The van der Waals surface area contributed by atoms with Crippen LogP contribution in [0.2, 0.25) is 0 Å². The van der Waals surface area contributed by atoms with Crippen molar-refractivity contribution in [3.63, 3.8) is 0 Å². The van der Waals surface area contributed by atoms with Crippen LogP contribution in [0.3, 0.4) is 0 Å². The SMILES string of the molecule is BrC1(Br)[C@@H]2[C@@H](OCc3ccccc3)[C@H](OCc3ccccc3)CO[C@@H]21. The van der Waals surface area contributed by atoms with Gasteiger partial charge in [0.15, 0.2) is 0 Å². The largest absolute Gasteiger partial charge is 0.373 e. The van der Waals surface area contributed by atoms with E-state index < -0.39 is 0 Å². The molecule has 1 saturated heterocycles. The van der Waals surface area contributed by atoms with Crippen molar-refractivity contribution in [2.24, 2.45) is 5.92 Å². The summed E-state index contributed by atoms with van der Waals surface area (Å²) in [5.74, 6) is 0.241. The molecular weight excluding hydrogens is 448 g/mol. The van der Waals surface area contributed by atoms with E-state index in [4.69, 9.17) is 14.2 Å². The molecule has 1 aliphatic heterocycles. The van der Waals surface area contributed by atoms with Gasteiger partial charge >= 0.3 is 0 Å². The van der Waals surface area contributed by atoms with Gasteiger partial charge < -0.3 is 14.2 Å². The summed E-state index contributed by atoms with van der Waals surface area (Å²) in [4.78, 5) is 0. The Hall–Kier alpha value is -0.720. The Labute approximate surface area is 164 Å². The first-order valence-electron chi connectivity index (χ1n) is 8.47. The first kappa shape index (κ1) is 17.7. The molecule has 0 aromatic heterocycles. The molecule has 5 heteroatoms. The fraction of sp³-hybridized carbons (Fsp3) is 0.400. The lowest BCUT2D eigenvalue weighted by molar-refractivity contribution is -0.152. The number of benzene rings is 2. The van der Waals surface area contributed by atoms with E-state index in [-0.39, 0.29) is 27.5 Å². The van der Waals surface area contributed by atoms with Gasteiger partial charge in [-0.1, -0.05) is 92.5 Å². The Morgan fingerprint density at radius 1 is 0.880 bits per heavy atom. The van der Waals surface area contributed by atoms with E-state index in [9.17, 15) is 0 Å². The smallest absolute Gasteiger partial charge is 0.115 e. The highest BCUT2D eigenvalue weighted by molar-refractivity contribution is 9.25. The van der Waals surface area contributed by atoms with Gasteiger partial charge in [-0.2, -0.15) is 0 Å². The minimum absolute atomic E-state index is 0.0126. The van der Waals surface area contributed by atoms with Gasteiger partial charge in [-0.25, -0.2) is 0 Å². The highest BCUT2D eigenvalue weighted by atomic mass is 79.9. The maximum atomic E-state index is 6.29. The maximum absolute atomic E-state index is 6.29. The predicted molar refractivity (Wildman–Crippen MR) is 104 cm³/mol. The van der Waals surface area contributed by atoms with Crippen LogP contribution in [0.4, 0.5) is 0 Å². The average Bonchev–Trinajstić information content (AvgIpc) is 3.22. The molecule has 25 heavy (non-hydrogen) atoms. The number of alkyl halides is 2. The standard InChI is InChI=1S/C20H20Br2O3/c21-20(22)17-18(24-12-15-9-5-2-6-10-15)16(13-25-19(17)20)23-11-14-7-3-1-4-8-14/h1-10,16-19H,11-13H2/t16-,17-,18+,19+/m1/s1. The van der Waals surface area contributed by atoms with Gasteiger partial charge in [0.1, 0.15) is 9.34 Å². The summed E-state index contributed by atoms with van der Waals surface area (Å²) in [5.41, 5.74) is 2.33. The van der Waals surface area contributed by atoms with Crippen LogP contribution in [0, 0.1) is 5.92 Å². The fourth-order valence-electron chi connectivity index (χ4n) is 3.35. The number of hydrogen-bond acceptors (Lipinski definition) is 3. The Morgan fingerprint density at radius 2 is 1.44 bits per heavy atom. The lowest BCUT2D eigenvalue weighted by Crippen LogP contribution is -2.42. The molecule has 0 bridgehead atoms. The first-order valence-corrected chi connectivity index (χ1v) is 10.1. The molecule has 4 rings (SSSR count). The number of ether oxygens (including phenoxy) is 3. The zero-order valence-corrected chi connectivity index (χ0v) is 16.9. The van der Waals surface area contributed by atoms with Crippen LogP contribution >= 0.6 is 31.9 Å². The summed E-state index contributed by atoms with van der Waals surface area (Å²) in [6, 6.07) is 20.5. The van der Waals surface area contributed by atoms with Crippen LogP contribution in [-0.4, -0.2) is 28.2 Å². The molecule has 0 spiro atoms. The second-order valence-electron chi connectivity index (χ2n) is 6.55. The van der Waals surface area contributed by atoms with Crippen molar-refractivity contribution >= 4 is 31.9 Å². The summed E-state index contributed by atoms with van der Waals surface area (Å²) in [6.07, 6.45) is 0.0356. The zero-order valence-electron chi connectivity index (χ0n) is 13.7. The number of halogens is 2. The highest BCUT2D eigenvalue weighted by Gasteiger charge is 2.70. The van der Waals surface area contributed by atoms with E-state index in [0.29, 0.717) is 19.8 Å². The topological polar surface area (TPSA) is 27.7 Å². The van der Waals surface area contributed by atoms with Crippen LogP contribution in [0.1, 0.15) is 11.1 Å². The van der Waals surface area contributed by atoms with E-state index in [1.165, 1.54) is 5.56 Å². The van der Waals surface area contributed by atoms with Crippen molar-refractivity contribution in [2.75, 3.05) is 6.61 Å². The molecule has 2 aromatic carbocycles. The van der Waals surface area contributed by atoms with E-state index >= 15 is 0 Å². The van der Waals surface area contributed by atoms with Crippen LogP contribution < -0.4 is 0 Å². The van der Waals surface area contributed by atoms with Gasteiger partial charge in [0.2, 0.25) is 0 Å². The van der Waals surface area contributed by atoms with Gasteiger partial charge in [0.25, 0.3) is 0 Å². The minimum Gasteiger partial charge on any atom is -0.373 e. The van der Waals surface area contributed by atoms with Gasteiger partial charge in [-0.3, -0.25) is 0 Å². The molecule has 0 radical (unpaired) electrons. The van der Waals surface area contributed by atoms with Crippen LogP contribution in [0.25, 0.3) is 0 Å². The molecule has 2 fully saturated rings. The van der Waals surface area contributed by atoms with Crippen LogP contribution in [0.15, 0.2) is 60.7 Å². The summed E-state index contributed by atoms with van der Waals surface area (Å²) < 4.78 is 18.2. The van der Waals surface area contributed by atoms with E-state index in [1.807, 2.05) is 36.4 Å². The summed E-state index contributed by atoms with van der Waals surface area (Å²) in [7, 11) is 0. The van der Waals surface area contributed by atoms with Crippen molar-refractivity contribution < 1.29 is 14.2 Å². The predicted octanol–water partition coefficient (Wildman–Crippen LogP) is 4.67.